The summed E-state index contributed by atoms with van der Waals surface area (Å²) in [6.07, 6.45) is -0.310. The average molecular weight is 264 g/mol. The lowest BCUT2D eigenvalue weighted by atomic mass is 10.2. The molecule has 0 bridgehead atoms. The maximum Gasteiger partial charge on any atom is 0.321 e. The highest BCUT2D eigenvalue weighted by Gasteiger charge is 2.13. The molecule has 0 aliphatic rings. The third-order valence-electron chi connectivity index (χ3n) is 1.31. The zero-order valence-corrected chi connectivity index (χ0v) is 9.46. The lowest BCUT2D eigenvalue weighted by Gasteiger charge is -1.99. The molecule has 104 valence electrons. The van der Waals surface area contributed by atoms with E-state index >= 15 is 0 Å². The Labute approximate surface area is 102 Å². The standard InChI is InChI=1S/2C4H8N2O3/c5-3(7)1-6-2-4(8)9;5-2(4(8)9)1-3(6)7/h6H,1-2H2,(H2,5,7)(H,8,9);2H,1,5H2,(H2,6,7)(H,8,9)/t;2-/m.0/s1. The molecule has 0 aromatic rings. The quantitative estimate of drug-likeness (QED) is 0.271. The van der Waals surface area contributed by atoms with E-state index in [0.29, 0.717) is 0 Å². The number of aliphatic carboxylic acids is 2. The fraction of sp³-hybridized carbons (Fsp3) is 0.500. The second kappa shape index (κ2) is 9.99. The first-order valence-corrected chi connectivity index (χ1v) is 4.64. The van der Waals surface area contributed by atoms with E-state index in [9.17, 15) is 19.2 Å². The molecule has 0 aliphatic heterocycles. The van der Waals surface area contributed by atoms with Gasteiger partial charge in [0.2, 0.25) is 11.8 Å². The Morgan fingerprint density at radius 2 is 1.50 bits per heavy atom. The van der Waals surface area contributed by atoms with Crippen LogP contribution in [0.2, 0.25) is 0 Å². The molecule has 10 heteroatoms. The highest BCUT2D eigenvalue weighted by molar-refractivity contribution is 5.83. The van der Waals surface area contributed by atoms with Crippen LogP contribution in [-0.2, 0) is 19.2 Å². The van der Waals surface area contributed by atoms with Crippen LogP contribution in [0.4, 0.5) is 0 Å². The summed E-state index contributed by atoms with van der Waals surface area (Å²) in [6.45, 7) is -0.324. The molecule has 0 radical (unpaired) electrons. The second-order valence-corrected chi connectivity index (χ2v) is 3.08. The van der Waals surface area contributed by atoms with E-state index in [1.54, 1.807) is 0 Å². The van der Waals surface area contributed by atoms with Crippen molar-refractivity contribution in [2.75, 3.05) is 13.1 Å². The van der Waals surface area contributed by atoms with Crippen LogP contribution in [0.5, 0.6) is 0 Å². The number of nitrogens with one attached hydrogen (secondary N) is 1. The number of carboxylic acids is 2. The van der Waals surface area contributed by atoms with E-state index in [4.69, 9.17) is 15.9 Å². The van der Waals surface area contributed by atoms with Gasteiger partial charge in [-0.2, -0.15) is 0 Å². The Bertz CT molecular complexity index is 305. The second-order valence-electron chi connectivity index (χ2n) is 3.08. The Morgan fingerprint density at radius 1 is 1.00 bits per heavy atom. The molecule has 18 heavy (non-hydrogen) atoms. The number of hydrogen-bond acceptors (Lipinski definition) is 6. The van der Waals surface area contributed by atoms with Crippen molar-refractivity contribution in [3.63, 3.8) is 0 Å². The Balaban J connectivity index is 0. The van der Waals surface area contributed by atoms with Gasteiger partial charge in [0.05, 0.1) is 19.5 Å². The zero-order valence-electron chi connectivity index (χ0n) is 9.46. The lowest BCUT2D eigenvalue weighted by molar-refractivity contribution is -0.140. The van der Waals surface area contributed by atoms with Gasteiger partial charge in [0, 0.05) is 0 Å². The van der Waals surface area contributed by atoms with Crippen LogP contribution in [0, 0.1) is 0 Å². The van der Waals surface area contributed by atoms with Gasteiger partial charge in [-0.25, -0.2) is 0 Å². The Hall–Kier alpha value is -2.20. The van der Waals surface area contributed by atoms with Gasteiger partial charge in [-0.3, -0.25) is 24.5 Å². The van der Waals surface area contributed by atoms with Crippen molar-refractivity contribution in [2.24, 2.45) is 17.2 Å². The van der Waals surface area contributed by atoms with Crippen LogP contribution in [0.15, 0.2) is 0 Å². The molecule has 0 spiro atoms. The normalized spacial score (nSPS) is 10.7. The average Bonchev–Trinajstić information content (AvgIpc) is 2.15. The van der Waals surface area contributed by atoms with Crippen molar-refractivity contribution >= 4 is 23.8 Å². The molecule has 0 heterocycles. The van der Waals surface area contributed by atoms with Crippen molar-refractivity contribution in [2.45, 2.75) is 12.5 Å². The fourth-order valence-electron chi connectivity index (χ4n) is 0.597. The maximum absolute atomic E-state index is 9.99. The zero-order chi connectivity index (χ0) is 14.7. The smallest absolute Gasteiger partial charge is 0.321 e. The van der Waals surface area contributed by atoms with Crippen molar-refractivity contribution in [1.29, 1.82) is 0 Å². The van der Waals surface area contributed by atoms with Crippen LogP contribution in [0.25, 0.3) is 0 Å². The maximum atomic E-state index is 9.99. The highest BCUT2D eigenvalue weighted by Crippen LogP contribution is 1.84. The molecular formula is C8H16N4O6. The summed E-state index contributed by atoms with van der Waals surface area (Å²) in [4.78, 5) is 39.6. The van der Waals surface area contributed by atoms with Crippen molar-refractivity contribution < 1.29 is 29.4 Å². The van der Waals surface area contributed by atoms with E-state index in [1.807, 2.05) is 0 Å². The first-order valence-electron chi connectivity index (χ1n) is 4.64. The van der Waals surface area contributed by atoms with Gasteiger partial charge >= 0.3 is 11.9 Å². The van der Waals surface area contributed by atoms with Crippen LogP contribution < -0.4 is 22.5 Å². The summed E-state index contributed by atoms with van der Waals surface area (Å²) in [5.41, 5.74) is 14.3. The molecule has 0 saturated carbocycles. The number of carbonyl (C=O) groups excluding carboxylic acids is 2. The number of rotatable bonds is 7. The third kappa shape index (κ3) is 16.2. The van der Waals surface area contributed by atoms with Crippen molar-refractivity contribution in [3.05, 3.63) is 0 Å². The van der Waals surface area contributed by atoms with E-state index in [0.717, 1.165) is 0 Å². The number of primary amides is 2. The van der Waals surface area contributed by atoms with Crippen LogP contribution in [0.1, 0.15) is 6.42 Å². The van der Waals surface area contributed by atoms with Gasteiger partial charge in [-0.05, 0) is 0 Å². The lowest BCUT2D eigenvalue weighted by Crippen LogP contribution is -2.34. The highest BCUT2D eigenvalue weighted by atomic mass is 16.4. The summed E-state index contributed by atoms with van der Waals surface area (Å²) in [6, 6.07) is -1.16. The predicted molar refractivity (Wildman–Crippen MR) is 59.1 cm³/mol. The van der Waals surface area contributed by atoms with E-state index < -0.39 is 29.8 Å². The Morgan fingerprint density at radius 3 is 1.72 bits per heavy atom. The van der Waals surface area contributed by atoms with Gasteiger partial charge in [0.15, 0.2) is 0 Å². The molecule has 0 aliphatic carbocycles. The molecule has 0 unspecified atom stereocenters. The predicted octanol–water partition coefficient (Wildman–Crippen LogP) is -3.58. The molecule has 10 nitrogen and oxygen atoms in total. The number of amides is 2. The van der Waals surface area contributed by atoms with E-state index in [2.05, 4.69) is 16.8 Å². The van der Waals surface area contributed by atoms with E-state index in [1.165, 1.54) is 0 Å². The number of hydrogen-bond donors (Lipinski definition) is 6. The molecule has 0 aromatic heterocycles. The number of carbonyl (C=O) groups is 4. The first kappa shape index (κ1) is 18.2. The largest absolute Gasteiger partial charge is 0.480 e. The molecule has 0 aromatic carbocycles. The molecule has 9 N–H and O–H groups in total. The molecule has 0 rings (SSSR count). The Kier molecular flexibility index (Phi) is 10.1. The van der Waals surface area contributed by atoms with Crippen molar-refractivity contribution in [3.8, 4) is 0 Å². The molecule has 0 saturated heterocycles. The number of nitrogens with two attached hydrogens (primary N) is 3. The third-order valence-corrected chi connectivity index (χ3v) is 1.31. The monoisotopic (exact) mass is 264 g/mol. The topological polar surface area (TPSA) is 199 Å². The van der Waals surface area contributed by atoms with Crippen LogP contribution >= 0.6 is 0 Å². The minimum absolute atomic E-state index is 0.0910. The van der Waals surface area contributed by atoms with Gasteiger partial charge in [0.1, 0.15) is 6.04 Å². The van der Waals surface area contributed by atoms with Gasteiger partial charge < -0.3 is 27.4 Å². The molecule has 0 fully saturated rings. The van der Waals surface area contributed by atoms with Crippen LogP contribution in [0.3, 0.4) is 0 Å². The molecule has 1 atom stereocenters. The SMILES string of the molecule is NC(=O)CNCC(=O)O.NC(=O)C[C@H](N)C(=O)O. The fourth-order valence-corrected chi connectivity index (χ4v) is 0.597. The summed E-state index contributed by atoms with van der Waals surface area (Å²) < 4.78 is 0. The van der Waals surface area contributed by atoms with Gasteiger partial charge in [0.25, 0.3) is 0 Å². The summed E-state index contributed by atoms with van der Waals surface area (Å²) in [5.74, 6) is -3.48. The molecular weight excluding hydrogens is 248 g/mol. The van der Waals surface area contributed by atoms with Gasteiger partial charge in [-0.1, -0.05) is 0 Å². The minimum Gasteiger partial charge on any atom is -0.480 e. The summed E-state index contributed by atoms with van der Waals surface area (Å²) in [5, 5.41) is 18.4. The number of carboxylic acid groups (broad SMARTS) is 2. The summed E-state index contributed by atoms with van der Waals surface area (Å²) >= 11 is 0. The minimum atomic E-state index is -1.21. The first-order chi connectivity index (χ1) is 8.16. The van der Waals surface area contributed by atoms with E-state index in [-0.39, 0.29) is 19.5 Å². The van der Waals surface area contributed by atoms with Crippen LogP contribution in [-0.4, -0.2) is 53.1 Å². The summed E-state index contributed by atoms with van der Waals surface area (Å²) in [7, 11) is 0. The molecule has 2 amide bonds. The van der Waals surface area contributed by atoms with Gasteiger partial charge in [-0.15, -0.1) is 0 Å². The van der Waals surface area contributed by atoms with Crippen molar-refractivity contribution in [1.82, 2.24) is 5.32 Å².